The molecule has 1 aliphatic rings. The Hall–Kier alpha value is -2.69. The lowest BCUT2D eigenvalue weighted by atomic mass is 9.91. The van der Waals surface area contributed by atoms with Crippen molar-refractivity contribution in [2.75, 3.05) is 20.8 Å². The second-order valence-electron chi connectivity index (χ2n) is 7.44. The average molecular weight is 398 g/mol. The second kappa shape index (κ2) is 10.2. The Morgan fingerprint density at radius 3 is 2.62 bits per heavy atom. The van der Waals surface area contributed by atoms with Crippen LogP contribution in [-0.4, -0.2) is 32.8 Å². The maximum atomic E-state index is 12.4. The van der Waals surface area contributed by atoms with Crippen molar-refractivity contribution in [2.24, 2.45) is 0 Å². The van der Waals surface area contributed by atoms with Crippen LogP contribution < -0.4 is 19.5 Å². The van der Waals surface area contributed by atoms with E-state index in [-0.39, 0.29) is 5.91 Å². The predicted molar refractivity (Wildman–Crippen MR) is 114 cm³/mol. The van der Waals surface area contributed by atoms with Gasteiger partial charge in [-0.2, -0.15) is 0 Å². The Balaban J connectivity index is 1.46. The van der Waals surface area contributed by atoms with E-state index in [1.165, 1.54) is 24.0 Å². The Morgan fingerprint density at radius 2 is 1.83 bits per heavy atom. The Morgan fingerprint density at radius 1 is 1.03 bits per heavy atom. The molecule has 0 unspecified atom stereocenters. The van der Waals surface area contributed by atoms with Gasteiger partial charge in [0.1, 0.15) is 5.75 Å². The minimum Gasteiger partial charge on any atom is -0.493 e. The summed E-state index contributed by atoms with van der Waals surface area (Å²) in [5.74, 6) is 2.22. The van der Waals surface area contributed by atoms with Gasteiger partial charge in [0, 0.05) is 6.54 Å². The number of fused-ring (bicyclic) bond motifs is 1. The van der Waals surface area contributed by atoms with Crippen LogP contribution >= 0.6 is 0 Å². The van der Waals surface area contributed by atoms with Gasteiger partial charge in [0.05, 0.1) is 14.2 Å². The van der Waals surface area contributed by atoms with E-state index in [1.54, 1.807) is 14.2 Å². The molecule has 0 aromatic heterocycles. The third-order valence-corrected chi connectivity index (χ3v) is 5.42. The second-order valence-corrected chi connectivity index (χ2v) is 7.44. The summed E-state index contributed by atoms with van der Waals surface area (Å²) in [4.78, 5) is 12.4. The summed E-state index contributed by atoms with van der Waals surface area (Å²) in [6.07, 6.45) is 5.73. The van der Waals surface area contributed by atoms with Crippen molar-refractivity contribution >= 4 is 5.91 Å². The zero-order chi connectivity index (χ0) is 20.6. The van der Waals surface area contributed by atoms with E-state index >= 15 is 0 Å². The summed E-state index contributed by atoms with van der Waals surface area (Å²) in [5, 5.41) is 2.98. The average Bonchev–Trinajstić information content (AvgIpc) is 2.76. The van der Waals surface area contributed by atoms with Gasteiger partial charge in [-0.3, -0.25) is 4.79 Å². The third kappa shape index (κ3) is 5.43. The first kappa shape index (κ1) is 21.0. The molecular weight excluding hydrogens is 366 g/mol. The van der Waals surface area contributed by atoms with Crippen LogP contribution in [0.3, 0.4) is 0 Å². The van der Waals surface area contributed by atoms with Crippen molar-refractivity contribution < 1.29 is 19.0 Å². The minimum atomic E-state index is -0.510. The molecule has 1 N–H and O–H groups in total. The van der Waals surface area contributed by atoms with Crippen LogP contribution in [-0.2, 0) is 24.1 Å². The Labute approximate surface area is 173 Å². The monoisotopic (exact) mass is 397 g/mol. The van der Waals surface area contributed by atoms with Crippen molar-refractivity contribution in [2.45, 2.75) is 51.6 Å². The number of hydrogen-bond acceptors (Lipinski definition) is 4. The molecule has 1 amide bonds. The fraction of sp³-hybridized carbons (Fsp3) is 0.458. The lowest BCUT2D eigenvalue weighted by Gasteiger charge is -2.22. The van der Waals surface area contributed by atoms with Gasteiger partial charge >= 0.3 is 0 Å². The summed E-state index contributed by atoms with van der Waals surface area (Å²) < 4.78 is 16.6. The summed E-state index contributed by atoms with van der Waals surface area (Å²) >= 11 is 0. The number of aryl methyl sites for hydroxylation is 2. The molecule has 2 aromatic carbocycles. The highest BCUT2D eigenvalue weighted by molar-refractivity contribution is 5.80. The summed E-state index contributed by atoms with van der Waals surface area (Å²) in [7, 11) is 3.26. The molecule has 0 fully saturated rings. The number of amides is 1. The standard InChI is InChI=1S/C24H31NO4/c1-17(29-21-12-6-10-19-9-4-5-11-20(19)21)24(26)25-15-7-8-18-13-14-22(27-2)23(16-18)28-3/h6,10,12-14,16-17H,4-5,7-9,11,15H2,1-3H3,(H,25,26)/t17-/m0/s1. The molecule has 5 heteroatoms. The molecule has 0 saturated heterocycles. The number of ether oxygens (including phenoxy) is 3. The van der Waals surface area contributed by atoms with Gasteiger partial charge in [0.25, 0.3) is 5.91 Å². The molecule has 1 atom stereocenters. The van der Waals surface area contributed by atoms with Crippen molar-refractivity contribution in [3.05, 3.63) is 53.1 Å². The van der Waals surface area contributed by atoms with Crippen LogP contribution in [0.1, 0.15) is 42.9 Å². The van der Waals surface area contributed by atoms with Crippen LogP contribution in [0.2, 0.25) is 0 Å². The molecule has 0 spiro atoms. The number of benzene rings is 2. The van der Waals surface area contributed by atoms with E-state index in [4.69, 9.17) is 14.2 Å². The molecule has 156 valence electrons. The van der Waals surface area contributed by atoms with Crippen LogP contribution in [0.25, 0.3) is 0 Å². The van der Waals surface area contributed by atoms with Crippen molar-refractivity contribution in [3.63, 3.8) is 0 Å². The smallest absolute Gasteiger partial charge is 0.260 e. The van der Waals surface area contributed by atoms with E-state index in [0.29, 0.717) is 6.54 Å². The highest BCUT2D eigenvalue weighted by Gasteiger charge is 2.19. The van der Waals surface area contributed by atoms with Gasteiger partial charge < -0.3 is 19.5 Å². The minimum absolute atomic E-state index is 0.0780. The largest absolute Gasteiger partial charge is 0.493 e. The van der Waals surface area contributed by atoms with Crippen molar-refractivity contribution in [3.8, 4) is 17.2 Å². The highest BCUT2D eigenvalue weighted by atomic mass is 16.5. The maximum Gasteiger partial charge on any atom is 0.260 e. The van der Waals surface area contributed by atoms with Gasteiger partial charge in [-0.05, 0) is 80.3 Å². The van der Waals surface area contributed by atoms with Gasteiger partial charge in [0.15, 0.2) is 17.6 Å². The van der Waals surface area contributed by atoms with Crippen molar-refractivity contribution in [1.29, 1.82) is 0 Å². The normalized spacial score (nSPS) is 13.9. The number of carbonyl (C=O) groups excluding carboxylic acids is 1. The summed E-state index contributed by atoms with van der Waals surface area (Å²) in [6, 6.07) is 12.1. The zero-order valence-electron chi connectivity index (χ0n) is 17.6. The van der Waals surface area contributed by atoms with E-state index in [1.807, 2.05) is 37.3 Å². The number of rotatable bonds is 9. The van der Waals surface area contributed by atoms with E-state index in [9.17, 15) is 4.79 Å². The SMILES string of the molecule is COc1ccc(CCCNC(=O)[C@H](C)Oc2cccc3c2CCCC3)cc1OC. The fourth-order valence-corrected chi connectivity index (χ4v) is 3.78. The molecule has 5 nitrogen and oxygen atoms in total. The first-order valence-corrected chi connectivity index (χ1v) is 10.4. The van der Waals surface area contributed by atoms with Crippen LogP contribution in [0.15, 0.2) is 36.4 Å². The lowest BCUT2D eigenvalue weighted by Crippen LogP contribution is -2.37. The Bertz CT molecular complexity index is 834. The van der Waals surface area contributed by atoms with E-state index in [2.05, 4.69) is 11.4 Å². The molecule has 1 aliphatic carbocycles. The summed E-state index contributed by atoms with van der Waals surface area (Å²) in [5.41, 5.74) is 3.78. The Kier molecular flexibility index (Phi) is 7.39. The molecule has 0 heterocycles. The molecule has 0 bridgehead atoms. The quantitative estimate of drug-likeness (QED) is 0.647. The topological polar surface area (TPSA) is 56.8 Å². The molecular formula is C24H31NO4. The maximum absolute atomic E-state index is 12.4. The summed E-state index contributed by atoms with van der Waals surface area (Å²) in [6.45, 7) is 2.42. The molecule has 0 aliphatic heterocycles. The van der Waals surface area contributed by atoms with E-state index in [0.717, 1.165) is 48.5 Å². The fourth-order valence-electron chi connectivity index (χ4n) is 3.78. The zero-order valence-corrected chi connectivity index (χ0v) is 17.6. The molecule has 29 heavy (non-hydrogen) atoms. The van der Waals surface area contributed by atoms with Gasteiger partial charge in [-0.25, -0.2) is 0 Å². The van der Waals surface area contributed by atoms with Crippen LogP contribution in [0.4, 0.5) is 0 Å². The number of methoxy groups -OCH3 is 2. The first-order valence-electron chi connectivity index (χ1n) is 10.4. The van der Waals surface area contributed by atoms with Crippen LogP contribution in [0, 0.1) is 0 Å². The van der Waals surface area contributed by atoms with Crippen LogP contribution in [0.5, 0.6) is 17.2 Å². The molecule has 2 aromatic rings. The van der Waals surface area contributed by atoms with Gasteiger partial charge in [-0.15, -0.1) is 0 Å². The predicted octanol–water partition coefficient (Wildman–Crippen LogP) is 4.10. The lowest BCUT2D eigenvalue weighted by molar-refractivity contribution is -0.127. The van der Waals surface area contributed by atoms with E-state index < -0.39 is 6.10 Å². The molecule has 0 saturated carbocycles. The number of carbonyl (C=O) groups is 1. The molecule has 3 rings (SSSR count). The third-order valence-electron chi connectivity index (χ3n) is 5.42. The number of nitrogens with one attached hydrogen (secondary N) is 1. The first-order chi connectivity index (χ1) is 14.1. The van der Waals surface area contributed by atoms with Gasteiger partial charge in [-0.1, -0.05) is 18.2 Å². The molecule has 0 radical (unpaired) electrons. The number of hydrogen-bond donors (Lipinski definition) is 1. The van der Waals surface area contributed by atoms with Crippen molar-refractivity contribution in [1.82, 2.24) is 5.32 Å². The highest BCUT2D eigenvalue weighted by Crippen LogP contribution is 2.30. The van der Waals surface area contributed by atoms with Gasteiger partial charge in [0.2, 0.25) is 0 Å².